The molecule has 1 aliphatic heterocycles. The predicted octanol–water partition coefficient (Wildman–Crippen LogP) is 4.50. The van der Waals surface area contributed by atoms with Crippen LogP contribution in [-0.2, 0) is 17.6 Å². The summed E-state index contributed by atoms with van der Waals surface area (Å²) in [6, 6.07) is 9.50. The summed E-state index contributed by atoms with van der Waals surface area (Å²) >= 11 is 12.4. The number of amides is 1. The number of benzene rings is 2. The van der Waals surface area contributed by atoms with Gasteiger partial charge in [-0.3, -0.25) is 4.79 Å². The maximum Gasteiger partial charge on any atom is 0.224 e. The number of rotatable bonds is 3. The van der Waals surface area contributed by atoms with Crippen LogP contribution in [0, 0.1) is 0 Å². The number of ether oxygens (including phenoxy) is 2. The fourth-order valence-electron chi connectivity index (χ4n) is 3.55. The number of halogens is 2. The Morgan fingerprint density at radius 3 is 2.88 bits per heavy atom. The summed E-state index contributed by atoms with van der Waals surface area (Å²) < 4.78 is 11.3. The second kappa shape index (κ2) is 7.37. The van der Waals surface area contributed by atoms with E-state index >= 15 is 0 Å². The van der Waals surface area contributed by atoms with Gasteiger partial charge in [0.15, 0.2) is 11.5 Å². The lowest BCUT2D eigenvalue weighted by Crippen LogP contribution is -2.28. The molecule has 1 heterocycles. The third kappa shape index (κ3) is 3.62. The normalized spacial score (nSPS) is 18.2. The molecule has 1 N–H and O–H groups in total. The Morgan fingerprint density at radius 2 is 2.00 bits per heavy atom. The van der Waals surface area contributed by atoms with E-state index in [9.17, 15) is 4.79 Å². The van der Waals surface area contributed by atoms with Gasteiger partial charge in [-0.25, -0.2) is 0 Å². The maximum absolute atomic E-state index is 12.5. The molecule has 0 saturated carbocycles. The maximum atomic E-state index is 12.5. The highest BCUT2D eigenvalue weighted by Crippen LogP contribution is 2.38. The highest BCUT2D eigenvalue weighted by molar-refractivity contribution is 6.32. The molecule has 1 atom stereocenters. The van der Waals surface area contributed by atoms with E-state index in [2.05, 4.69) is 5.32 Å². The topological polar surface area (TPSA) is 47.6 Å². The first-order valence-electron chi connectivity index (χ1n) is 8.76. The largest absolute Gasteiger partial charge is 0.489 e. The first-order valence-corrected chi connectivity index (χ1v) is 9.51. The number of hydrogen-bond acceptors (Lipinski definition) is 3. The number of nitrogens with one attached hydrogen (secondary N) is 1. The zero-order chi connectivity index (χ0) is 18.1. The molecule has 1 unspecified atom stereocenters. The zero-order valence-electron chi connectivity index (χ0n) is 14.2. The van der Waals surface area contributed by atoms with Gasteiger partial charge in [-0.1, -0.05) is 29.3 Å². The Hall–Kier alpha value is -1.91. The SMILES string of the molecule is O=C(Cc1cc(Cl)c2c(c1)OCCCO2)NC1CCc2cc(Cl)ccc21. The summed E-state index contributed by atoms with van der Waals surface area (Å²) in [5.74, 6) is 1.14. The van der Waals surface area contributed by atoms with Crippen LogP contribution in [0.2, 0.25) is 10.0 Å². The van der Waals surface area contributed by atoms with Gasteiger partial charge in [0, 0.05) is 11.4 Å². The Labute approximate surface area is 162 Å². The van der Waals surface area contributed by atoms with E-state index in [0.717, 1.165) is 35.4 Å². The molecule has 136 valence electrons. The molecule has 0 bridgehead atoms. The zero-order valence-corrected chi connectivity index (χ0v) is 15.7. The molecule has 2 aliphatic rings. The number of fused-ring (bicyclic) bond motifs is 2. The summed E-state index contributed by atoms with van der Waals surface area (Å²) in [5, 5.41) is 4.33. The summed E-state index contributed by atoms with van der Waals surface area (Å²) in [5.41, 5.74) is 3.17. The molecule has 26 heavy (non-hydrogen) atoms. The second-order valence-electron chi connectivity index (χ2n) is 6.63. The van der Waals surface area contributed by atoms with Gasteiger partial charge in [0.1, 0.15) is 0 Å². The van der Waals surface area contributed by atoms with E-state index in [0.29, 0.717) is 29.7 Å². The Bertz CT molecular complexity index is 853. The van der Waals surface area contributed by atoms with E-state index < -0.39 is 0 Å². The summed E-state index contributed by atoms with van der Waals surface area (Å²) in [6.07, 6.45) is 2.88. The molecule has 4 rings (SSSR count). The summed E-state index contributed by atoms with van der Waals surface area (Å²) in [4.78, 5) is 12.5. The van der Waals surface area contributed by atoms with Crippen molar-refractivity contribution in [2.45, 2.75) is 31.7 Å². The van der Waals surface area contributed by atoms with Crippen LogP contribution in [0.5, 0.6) is 11.5 Å². The molecule has 0 aromatic heterocycles. The van der Waals surface area contributed by atoms with Gasteiger partial charge >= 0.3 is 0 Å². The molecule has 0 saturated heterocycles. The quantitative estimate of drug-likeness (QED) is 0.837. The van der Waals surface area contributed by atoms with Gasteiger partial charge in [-0.2, -0.15) is 0 Å². The molecule has 2 aromatic rings. The minimum Gasteiger partial charge on any atom is -0.489 e. The third-order valence-electron chi connectivity index (χ3n) is 4.74. The van der Waals surface area contributed by atoms with Crippen molar-refractivity contribution in [2.24, 2.45) is 0 Å². The third-order valence-corrected chi connectivity index (χ3v) is 5.26. The molecule has 6 heteroatoms. The van der Waals surface area contributed by atoms with Crippen LogP contribution in [0.1, 0.15) is 35.6 Å². The molecule has 4 nitrogen and oxygen atoms in total. The molecular weight excluding hydrogens is 373 g/mol. The summed E-state index contributed by atoms with van der Waals surface area (Å²) in [6.45, 7) is 1.16. The first-order chi connectivity index (χ1) is 12.6. The molecule has 0 radical (unpaired) electrons. The van der Waals surface area contributed by atoms with Gasteiger partial charge in [-0.05, 0) is 53.8 Å². The van der Waals surface area contributed by atoms with Crippen LogP contribution in [0.15, 0.2) is 30.3 Å². The minimum absolute atomic E-state index is 0.0330. The smallest absolute Gasteiger partial charge is 0.224 e. The lowest BCUT2D eigenvalue weighted by molar-refractivity contribution is -0.121. The fourth-order valence-corrected chi connectivity index (χ4v) is 4.04. The highest BCUT2D eigenvalue weighted by Gasteiger charge is 2.24. The van der Waals surface area contributed by atoms with E-state index in [1.54, 1.807) is 6.07 Å². The second-order valence-corrected chi connectivity index (χ2v) is 7.48. The Kier molecular flexibility index (Phi) is 4.96. The molecule has 1 aliphatic carbocycles. The lowest BCUT2D eigenvalue weighted by atomic mass is 10.1. The van der Waals surface area contributed by atoms with Crippen LogP contribution in [0.25, 0.3) is 0 Å². The van der Waals surface area contributed by atoms with Crippen LogP contribution in [0.3, 0.4) is 0 Å². The molecular formula is C20H19Cl2NO3. The monoisotopic (exact) mass is 391 g/mol. The minimum atomic E-state index is -0.0386. The summed E-state index contributed by atoms with van der Waals surface area (Å²) in [7, 11) is 0. The van der Waals surface area contributed by atoms with Gasteiger partial charge in [0.2, 0.25) is 5.91 Å². The van der Waals surface area contributed by atoms with Gasteiger partial charge in [0.05, 0.1) is 30.7 Å². The average Bonchev–Trinajstić information content (AvgIpc) is 2.82. The van der Waals surface area contributed by atoms with Crippen molar-refractivity contribution in [3.8, 4) is 11.5 Å². The molecule has 0 fully saturated rings. The highest BCUT2D eigenvalue weighted by atomic mass is 35.5. The van der Waals surface area contributed by atoms with Crippen molar-refractivity contribution < 1.29 is 14.3 Å². The van der Waals surface area contributed by atoms with Crippen LogP contribution < -0.4 is 14.8 Å². The average molecular weight is 392 g/mol. The number of carbonyl (C=O) groups is 1. The van der Waals surface area contributed by atoms with Gasteiger partial charge < -0.3 is 14.8 Å². The van der Waals surface area contributed by atoms with Crippen LogP contribution >= 0.6 is 23.2 Å². The van der Waals surface area contributed by atoms with E-state index in [1.807, 2.05) is 24.3 Å². The van der Waals surface area contributed by atoms with Crippen LogP contribution in [-0.4, -0.2) is 19.1 Å². The van der Waals surface area contributed by atoms with Gasteiger partial charge in [0.25, 0.3) is 0 Å². The van der Waals surface area contributed by atoms with E-state index in [1.165, 1.54) is 5.56 Å². The molecule has 2 aromatic carbocycles. The molecule has 0 spiro atoms. The van der Waals surface area contributed by atoms with Crippen molar-refractivity contribution in [3.63, 3.8) is 0 Å². The van der Waals surface area contributed by atoms with E-state index in [-0.39, 0.29) is 18.4 Å². The Morgan fingerprint density at radius 1 is 1.15 bits per heavy atom. The van der Waals surface area contributed by atoms with Crippen molar-refractivity contribution >= 4 is 29.1 Å². The standard InChI is InChI=1S/C20H19Cl2NO3/c21-14-3-4-15-13(11-14)2-5-17(15)23-19(24)10-12-8-16(22)20-18(9-12)25-6-1-7-26-20/h3-4,8-9,11,17H,1-2,5-7,10H2,(H,23,24). The van der Waals surface area contributed by atoms with Crippen molar-refractivity contribution in [3.05, 3.63) is 57.1 Å². The molecule has 1 amide bonds. The number of hydrogen-bond donors (Lipinski definition) is 1. The van der Waals surface area contributed by atoms with Crippen LogP contribution in [0.4, 0.5) is 0 Å². The van der Waals surface area contributed by atoms with Crippen molar-refractivity contribution in [1.82, 2.24) is 5.32 Å². The van der Waals surface area contributed by atoms with Crippen molar-refractivity contribution in [1.29, 1.82) is 0 Å². The number of aryl methyl sites for hydroxylation is 1. The van der Waals surface area contributed by atoms with E-state index in [4.69, 9.17) is 32.7 Å². The fraction of sp³-hybridized carbons (Fsp3) is 0.350. The van der Waals surface area contributed by atoms with Crippen molar-refractivity contribution in [2.75, 3.05) is 13.2 Å². The van der Waals surface area contributed by atoms with Gasteiger partial charge in [-0.15, -0.1) is 0 Å². The predicted molar refractivity (Wildman–Crippen MR) is 101 cm³/mol. The first kappa shape index (κ1) is 17.5. The number of carbonyl (C=O) groups excluding carboxylic acids is 1. The lowest BCUT2D eigenvalue weighted by Gasteiger charge is -2.15. The Balaban J connectivity index is 1.46.